The fraction of sp³-hybridized carbons (Fsp3) is 0.100. The minimum absolute atomic E-state index is 0.125. The smallest absolute Gasteiger partial charge is 0.346 e. The molecule has 1 heterocycles. The topological polar surface area (TPSA) is 81.4 Å². The molecule has 6 heteroatoms. The lowest BCUT2D eigenvalue weighted by Crippen LogP contribution is -2.09. The SMILES string of the molecule is CC(=O)c1cc(/C=C(\C#N)C(=O)O)sc1-c1ccc(N(c2ccc(C)cc2)c2ccc(C)cc2)cc1. The number of nitrogens with zero attached hydrogens (tertiary/aromatic N) is 2. The van der Waals surface area contributed by atoms with E-state index in [4.69, 9.17) is 5.26 Å². The van der Waals surface area contributed by atoms with Gasteiger partial charge >= 0.3 is 5.97 Å². The van der Waals surface area contributed by atoms with Crippen molar-refractivity contribution in [3.63, 3.8) is 0 Å². The Labute approximate surface area is 214 Å². The Morgan fingerprint density at radius 3 is 1.75 bits per heavy atom. The van der Waals surface area contributed by atoms with E-state index < -0.39 is 5.97 Å². The summed E-state index contributed by atoms with van der Waals surface area (Å²) in [6.07, 6.45) is 1.30. The molecule has 0 unspecified atom stereocenters. The van der Waals surface area contributed by atoms with Crippen LogP contribution in [0.15, 0.2) is 84.4 Å². The molecule has 1 aromatic heterocycles. The molecule has 5 nitrogen and oxygen atoms in total. The Bertz CT molecular complexity index is 1440. The first-order chi connectivity index (χ1) is 17.3. The van der Waals surface area contributed by atoms with Gasteiger partial charge in [0.25, 0.3) is 0 Å². The van der Waals surface area contributed by atoms with Crippen molar-refractivity contribution in [2.24, 2.45) is 0 Å². The number of ketones is 1. The van der Waals surface area contributed by atoms with Gasteiger partial charge in [-0.05, 0) is 74.9 Å². The maximum atomic E-state index is 12.3. The second-order valence-corrected chi connectivity index (χ2v) is 9.56. The van der Waals surface area contributed by atoms with Crippen LogP contribution in [0.5, 0.6) is 0 Å². The molecular formula is C30H24N2O3S. The number of carbonyl (C=O) groups excluding carboxylic acids is 1. The molecule has 36 heavy (non-hydrogen) atoms. The predicted octanol–water partition coefficient (Wildman–Crippen LogP) is 7.70. The van der Waals surface area contributed by atoms with Gasteiger partial charge < -0.3 is 10.0 Å². The van der Waals surface area contributed by atoms with E-state index in [0.717, 1.165) is 27.5 Å². The highest BCUT2D eigenvalue weighted by Gasteiger charge is 2.17. The third-order valence-corrected chi connectivity index (χ3v) is 6.87. The average Bonchev–Trinajstić information content (AvgIpc) is 3.30. The Morgan fingerprint density at radius 2 is 1.33 bits per heavy atom. The van der Waals surface area contributed by atoms with Crippen LogP contribution in [-0.2, 0) is 4.79 Å². The molecule has 0 aliphatic rings. The molecule has 4 rings (SSSR count). The number of anilines is 3. The van der Waals surface area contributed by atoms with Crippen LogP contribution in [0.2, 0.25) is 0 Å². The highest BCUT2D eigenvalue weighted by molar-refractivity contribution is 7.16. The Kier molecular flexibility index (Phi) is 7.14. The predicted molar refractivity (Wildman–Crippen MR) is 145 cm³/mol. The number of carboxylic acid groups (broad SMARTS) is 1. The van der Waals surface area contributed by atoms with E-state index in [9.17, 15) is 14.7 Å². The Hall–Kier alpha value is -4.47. The quantitative estimate of drug-likeness (QED) is 0.162. The van der Waals surface area contributed by atoms with E-state index in [-0.39, 0.29) is 11.4 Å². The van der Waals surface area contributed by atoms with Crippen molar-refractivity contribution < 1.29 is 14.7 Å². The second kappa shape index (κ2) is 10.4. The summed E-state index contributed by atoms with van der Waals surface area (Å²) in [6.45, 7) is 5.59. The van der Waals surface area contributed by atoms with E-state index in [1.54, 1.807) is 12.1 Å². The highest BCUT2D eigenvalue weighted by Crippen LogP contribution is 2.38. The maximum Gasteiger partial charge on any atom is 0.346 e. The Morgan fingerprint density at radius 1 is 0.861 bits per heavy atom. The van der Waals surface area contributed by atoms with Gasteiger partial charge in [0.05, 0.1) is 0 Å². The third kappa shape index (κ3) is 5.27. The van der Waals surface area contributed by atoms with Gasteiger partial charge in [-0.2, -0.15) is 5.26 Å². The van der Waals surface area contributed by atoms with E-state index >= 15 is 0 Å². The fourth-order valence-corrected chi connectivity index (χ4v) is 4.99. The van der Waals surface area contributed by atoms with Crippen molar-refractivity contribution >= 4 is 46.2 Å². The second-order valence-electron chi connectivity index (χ2n) is 8.48. The van der Waals surface area contributed by atoms with E-state index in [0.29, 0.717) is 10.4 Å². The molecule has 0 amide bonds. The van der Waals surface area contributed by atoms with Crippen LogP contribution in [0.3, 0.4) is 0 Å². The number of hydrogen-bond donors (Lipinski definition) is 1. The molecule has 0 aliphatic heterocycles. The summed E-state index contributed by atoms with van der Waals surface area (Å²) in [7, 11) is 0. The van der Waals surface area contributed by atoms with E-state index in [1.165, 1.54) is 35.5 Å². The first-order valence-electron chi connectivity index (χ1n) is 11.3. The monoisotopic (exact) mass is 492 g/mol. The average molecular weight is 493 g/mol. The molecule has 0 fully saturated rings. The summed E-state index contributed by atoms with van der Waals surface area (Å²) in [5, 5.41) is 18.3. The minimum atomic E-state index is -1.30. The lowest BCUT2D eigenvalue weighted by molar-refractivity contribution is -0.132. The van der Waals surface area contributed by atoms with Gasteiger partial charge in [-0.3, -0.25) is 4.79 Å². The number of hydrogen-bond acceptors (Lipinski definition) is 5. The van der Waals surface area contributed by atoms with Crippen molar-refractivity contribution in [3.8, 4) is 16.5 Å². The standard InChI is InChI=1S/C30H24N2O3S/c1-19-4-10-24(11-5-19)32(25-12-6-20(2)7-13-25)26-14-8-22(9-15-26)29-28(21(3)33)17-27(36-29)16-23(18-31)30(34)35/h4-17H,1-3H3,(H,34,35)/b23-16+. The van der Waals surface area contributed by atoms with Gasteiger partial charge in [0.2, 0.25) is 0 Å². The van der Waals surface area contributed by atoms with Crippen LogP contribution < -0.4 is 4.90 Å². The first kappa shape index (κ1) is 24.6. The molecule has 3 aromatic carbocycles. The third-order valence-electron chi connectivity index (χ3n) is 5.74. The molecule has 0 saturated carbocycles. The van der Waals surface area contributed by atoms with Crippen molar-refractivity contribution in [1.82, 2.24) is 0 Å². The molecule has 0 atom stereocenters. The molecular weight excluding hydrogens is 468 g/mol. The molecule has 0 radical (unpaired) electrons. The van der Waals surface area contributed by atoms with Crippen molar-refractivity contribution in [1.29, 1.82) is 5.26 Å². The van der Waals surface area contributed by atoms with Gasteiger partial charge in [-0.1, -0.05) is 47.5 Å². The van der Waals surface area contributed by atoms with Crippen molar-refractivity contribution in [3.05, 3.63) is 106 Å². The molecule has 0 bridgehead atoms. The van der Waals surface area contributed by atoms with Crippen LogP contribution in [-0.4, -0.2) is 16.9 Å². The summed E-state index contributed by atoms with van der Waals surface area (Å²) in [6, 6.07) is 27.9. The van der Waals surface area contributed by atoms with E-state index in [2.05, 4.69) is 67.3 Å². The first-order valence-corrected chi connectivity index (χ1v) is 12.1. The number of rotatable bonds is 7. The highest BCUT2D eigenvalue weighted by atomic mass is 32.1. The minimum Gasteiger partial charge on any atom is -0.477 e. The number of Topliss-reactive ketones (excluding diaryl/α,β-unsaturated/α-hetero) is 1. The summed E-state index contributed by atoms with van der Waals surface area (Å²) in [4.78, 5) is 27.0. The van der Waals surface area contributed by atoms with Gasteiger partial charge in [0.1, 0.15) is 11.6 Å². The van der Waals surface area contributed by atoms with Gasteiger partial charge in [-0.15, -0.1) is 11.3 Å². The summed E-state index contributed by atoms with van der Waals surface area (Å²) >= 11 is 1.29. The zero-order chi connectivity index (χ0) is 25.8. The number of nitriles is 1. The zero-order valence-corrected chi connectivity index (χ0v) is 21.0. The normalized spacial score (nSPS) is 11.1. The molecule has 4 aromatic rings. The van der Waals surface area contributed by atoms with Gasteiger partial charge in [0, 0.05) is 32.4 Å². The number of carbonyl (C=O) groups is 2. The van der Waals surface area contributed by atoms with Crippen molar-refractivity contribution in [2.45, 2.75) is 20.8 Å². The largest absolute Gasteiger partial charge is 0.477 e. The molecule has 0 spiro atoms. The molecule has 178 valence electrons. The summed E-state index contributed by atoms with van der Waals surface area (Å²) in [5.41, 5.74) is 6.35. The maximum absolute atomic E-state index is 12.3. The summed E-state index contributed by atoms with van der Waals surface area (Å²) in [5.74, 6) is -1.42. The lowest BCUT2D eigenvalue weighted by Gasteiger charge is -2.26. The lowest BCUT2D eigenvalue weighted by atomic mass is 10.1. The number of aliphatic carboxylic acids is 1. The molecule has 0 saturated heterocycles. The van der Waals surface area contributed by atoms with Crippen LogP contribution in [0.1, 0.15) is 33.3 Å². The van der Waals surface area contributed by atoms with Crippen LogP contribution >= 0.6 is 11.3 Å². The van der Waals surface area contributed by atoms with Gasteiger partial charge in [-0.25, -0.2) is 4.79 Å². The Balaban J connectivity index is 1.77. The van der Waals surface area contributed by atoms with E-state index in [1.807, 2.05) is 24.3 Å². The number of aryl methyl sites for hydroxylation is 2. The van der Waals surface area contributed by atoms with Crippen LogP contribution in [0.4, 0.5) is 17.1 Å². The number of carboxylic acids is 1. The fourth-order valence-electron chi connectivity index (χ4n) is 3.84. The van der Waals surface area contributed by atoms with Crippen LogP contribution in [0, 0.1) is 25.2 Å². The number of benzene rings is 3. The molecule has 0 aliphatic carbocycles. The zero-order valence-electron chi connectivity index (χ0n) is 20.1. The van der Waals surface area contributed by atoms with Crippen LogP contribution in [0.25, 0.3) is 16.5 Å². The number of thiophene rings is 1. The van der Waals surface area contributed by atoms with Gasteiger partial charge in [0.15, 0.2) is 5.78 Å². The van der Waals surface area contributed by atoms with Crippen molar-refractivity contribution in [2.75, 3.05) is 4.90 Å². The summed E-state index contributed by atoms with van der Waals surface area (Å²) < 4.78 is 0. The molecule has 1 N–H and O–H groups in total.